The lowest BCUT2D eigenvalue weighted by molar-refractivity contribution is -0.430. The highest BCUT2D eigenvalue weighted by Gasteiger charge is 2.37. The Bertz CT molecular complexity index is 867. The van der Waals surface area contributed by atoms with Gasteiger partial charge in [0.05, 0.1) is 16.5 Å². The molecule has 0 bridgehead atoms. The number of methoxy groups -OCH3 is 1. The first-order chi connectivity index (χ1) is 12.0. The third kappa shape index (κ3) is 3.34. The SMILES string of the molecule is COc1ccc(C2NC(=O)NC(c3ccccc3)=C2[N+](=O)[O-])cc1Br. The molecule has 0 fully saturated rings. The molecule has 8 heteroatoms. The van der Waals surface area contributed by atoms with Gasteiger partial charge in [-0.1, -0.05) is 36.4 Å². The zero-order valence-corrected chi connectivity index (χ0v) is 14.7. The van der Waals surface area contributed by atoms with Gasteiger partial charge in [-0.15, -0.1) is 0 Å². The highest BCUT2D eigenvalue weighted by molar-refractivity contribution is 9.10. The minimum atomic E-state index is -0.888. The number of nitrogens with zero attached hydrogens (tertiary/aromatic N) is 1. The van der Waals surface area contributed by atoms with Gasteiger partial charge in [0, 0.05) is 5.56 Å². The molecule has 128 valence electrons. The molecule has 0 aliphatic carbocycles. The minimum Gasteiger partial charge on any atom is -0.496 e. The summed E-state index contributed by atoms with van der Waals surface area (Å²) in [6, 6.07) is 12.4. The van der Waals surface area contributed by atoms with E-state index in [2.05, 4.69) is 26.6 Å². The van der Waals surface area contributed by atoms with Gasteiger partial charge in [0.1, 0.15) is 17.5 Å². The number of hydrogen-bond donors (Lipinski definition) is 2. The van der Waals surface area contributed by atoms with Gasteiger partial charge in [0.2, 0.25) is 0 Å². The quantitative estimate of drug-likeness (QED) is 0.603. The second-order valence-corrected chi connectivity index (χ2v) is 6.16. The summed E-state index contributed by atoms with van der Waals surface area (Å²) in [6.45, 7) is 0. The predicted molar refractivity (Wildman–Crippen MR) is 95.5 cm³/mol. The minimum absolute atomic E-state index is 0.122. The fourth-order valence-electron chi connectivity index (χ4n) is 2.68. The maximum atomic E-state index is 12.1. The van der Waals surface area contributed by atoms with Crippen LogP contribution in [0.1, 0.15) is 17.2 Å². The second kappa shape index (κ2) is 6.94. The van der Waals surface area contributed by atoms with Crippen LogP contribution >= 0.6 is 15.9 Å². The molecule has 2 N–H and O–H groups in total. The number of carbonyl (C=O) groups excluding carboxylic acids is 1. The molecule has 0 aromatic heterocycles. The normalized spacial score (nSPS) is 16.9. The van der Waals surface area contributed by atoms with Gasteiger partial charge < -0.3 is 15.4 Å². The lowest BCUT2D eigenvalue weighted by atomic mass is 9.98. The van der Waals surface area contributed by atoms with Crippen LogP contribution in [0.3, 0.4) is 0 Å². The van der Waals surface area contributed by atoms with Crippen LogP contribution in [0.25, 0.3) is 5.70 Å². The Balaban J connectivity index is 2.16. The first-order valence-corrected chi connectivity index (χ1v) is 8.15. The van der Waals surface area contributed by atoms with Crippen LogP contribution in [-0.2, 0) is 0 Å². The van der Waals surface area contributed by atoms with Crippen LogP contribution < -0.4 is 15.4 Å². The molecule has 1 aliphatic rings. The molecule has 2 amide bonds. The van der Waals surface area contributed by atoms with Crippen LogP contribution in [0, 0.1) is 10.1 Å². The number of rotatable bonds is 4. The van der Waals surface area contributed by atoms with E-state index in [9.17, 15) is 14.9 Å². The van der Waals surface area contributed by atoms with Gasteiger partial charge in [-0.05, 0) is 33.6 Å². The van der Waals surface area contributed by atoms with Crippen molar-refractivity contribution in [3.05, 3.63) is 79.9 Å². The molecule has 1 heterocycles. The van der Waals surface area contributed by atoms with Gasteiger partial charge in [-0.2, -0.15) is 0 Å². The number of carbonyl (C=O) groups is 1. The largest absolute Gasteiger partial charge is 0.496 e. The Morgan fingerprint density at radius 2 is 1.92 bits per heavy atom. The van der Waals surface area contributed by atoms with E-state index in [1.165, 1.54) is 7.11 Å². The summed E-state index contributed by atoms with van der Waals surface area (Å²) in [7, 11) is 1.53. The zero-order chi connectivity index (χ0) is 18.0. The summed E-state index contributed by atoms with van der Waals surface area (Å²) in [5, 5.41) is 16.9. The zero-order valence-electron chi connectivity index (χ0n) is 13.2. The Kier molecular flexibility index (Phi) is 4.71. The second-order valence-electron chi connectivity index (χ2n) is 5.31. The maximum Gasteiger partial charge on any atom is 0.320 e. The summed E-state index contributed by atoms with van der Waals surface area (Å²) in [5.74, 6) is 0.596. The highest BCUT2D eigenvalue weighted by Crippen LogP contribution is 2.34. The van der Waals surface area contributed by atoms with Crippen LogP contribution in [0.5, 0.6) is 5.75 Å². The van der Waals surface area contributed by atoms with Crippen LogP contribution in [-0.4, -0.2) is 18.1 Å². The smallest absolute Gasteiger partial charge is 0.320 e. The number of benzene rings is 2. The molecular formula is C17H14BrN3O4. The van der Waals surface area contributed by atoms with Crippen molar-refractivity contribution >= 4 is 27.7 Å². The van der Waals surface area contributed by atoms with Crippen molar-refractivity contribution in [1.29, 1.82) is 0 Å². The van der Waals surface area contributed by atoms with Crippen molar-refractivity contribution in [3.63, 3.8) is 0 Å². The number of ether oxygens (including phenoxy) is 1. The predicted octanol–water partition coefficient (Wildman–Crippen LogP) is 3.46. The molecule has 1 unspecified atom stereocenters. The van der Waals surface area contributed by atoms with E-state index in [-0.39, 0.29) is 11.4 Å². The molecule has 7 nitrogen and oxygen atoms in total. The number of hydrogen-bond acceptors (Lipinski definition) is 4. The molecule has 0 saturated heterocycles. The molecule has 1 aliphatic heterocycles. The first-order valence-electron chi connectivity index (χ1n) is 7.36. The fourth-order valence-corrected chi connectivity index (χ4v) is 3.24. The van der Waals surface area contributed by atoms with Gasteiger partial charge >= 0.3 is 6.03 Å². The van der Waals surface area contributed by atoms with Gasteiger partial charge in [-0.3, -0.25) is 10.1 Å². The Hall–Kier alpha value is -2.87. The third-order valence-electron chi connectivity index (χ3n) is 3.81. The van der Waals surface area contributed by atoms with Crippen LogP contribution in [0.15, 0.2) is 58.7 Å². The molecule has 1 atom stereocenters. The van der Waals surface area contributed by atoms with Crippen molar-refractivity contribution in [2.75, 3.05) is 7.11 Å². The van der Waals surface area contributed by atoms with Crippen LogP contribution in [0.2, 0.25) is 0 Å². The lowest BCUT2D eigenvalue weighted by Gasteiger charge is -2.25. The van der Waals surface area contributed by atoms with Crippen molar-refractivity contribution in [2.45, 2.75) is 6.04 Å². The molecule has 0 radical (unpaired) electrons. The van der Waals surface area contributed by atoms with E-state index in [0.29, 0.717) is 21.3 Å². The molecular weight excluding hydrogens is 390 g/mol. The average molecular weight is 404 g/mol. The summed E-state index contributed by atoms with van der Waals surface area (Å²) in [4.78, 5) is 23.4. The van der Waals surface area contributed by atoms with Crippen LogP contribution in [0.4, 0.5) is 4.79 Å². The topological polar surface area (TPSA) is 93.5 Å². The third-order valence-corrected chi connectivity index (χ3v) is 4.43. The fraction of sp³-hybridized carbons (Fsp3) is 0.118. The first kappa shape index (κ1) is 17.0. The summed E-state index contributed by atoms with van der Waals surface area (Å²) in [6.07, 6.45) is 0. The maximum absolute atomic E-state index is 12.1. The Labute approximate surface area is 152 Å². The van der Waals surface area contributed by atoms with Gasteiger partial charge in [0.15, 0.2) is 0 Å². The molecule has 25 heavy (non-hydrogen) atoms. The van der Waals surface area contributed by atoms with Crippen molar-refractivity contribution in [2.24, 2.45) is 0 Å². The molecule has 0 spiro atoms. The standard InChI is InChI=1S/C17H14BrN3O4/c1-25-13-8-7-11(9-12(13)18)15-16(21(23)24)14(19-17(22)20-15)10-5-3-2-4-6-10/h2-9,15H,1H3,(H2,19,20,22). The average Bonchev–Trinajstić information content (AvgIpc) is 2.61. The molecule has 0 saturated carbocycles. The molecule has 3 rings (SSSR count). The van der Waals surface area contributed by atoms with Crippen molar-refractivity contribution < 1.29 is 14.5 Å². The van der Waals surface area contributed by atoms with E-state index >= 15 is 0 Å². The Morgan fingerprint density at radius 1 is 1.20 bits per heavy atom. The van der Waals surface area contributed by atoms with Crippen molar-refractivity contribution in [1.82, 2.24) is 10.6 Å². The number of nitrogens with one attached hydrogen (secondary N) is 2. The summed E-state index contributed by atoms with van der Waals surface area (Å²) < 4.78 is 5.82. The lowest BCUT2D eigenvalue weighted by Crippen LogP contribution is -2.45. The van der Waals surface area contributed by atoms with E-state index in [1.54, 1.807) is 48.5 Å². The summed E-state index contributed by atoms with van der Waals surface area (Å²) >= 11 is 3.37. The van der Waals surface area contributed by atoms with Gasteiger partial charge in [0.25, 0.3) is 5.70 Å². The van der Waals surface area contributed by atoms with E-state index < -0.39 is 17.0 Å². The van der Waals surface area contributed by atoms with Crippen molar-refractivity contribution in [3.8, 4) is 5.75 Å². The Morgan fingerprint density at radius 3 is 2.52 bits per heavy atom. The molecule has 2 aromatic carbocycles. The van der Waals surface area contributed by atoms with E-state index in [4.69, 9.17) is 4.74 Å². The summed E-state index contributed by atoms with van der Waals surface area (Å²) in [5.41, 5.74) is 1.21. The van der Waals surface area contributed by atoms with E-state index in [0.717, 1.165) is 0 Å². The van der Waals surface area contributed by atoms with E-state index in [1.807, 2.05) is 0 Å². The molecule has 2 aromatic rings. The number of urea groups is 1. The van der Waals surface area contributed by atoms with Gasteiger partial charge in [-0.25, -0.2) is 4.79 Å². The number of halogens is 1. The monoisotopic (exact) mass is 403 g/mol. The number of amides is 2. The highest BCUT2D eigenvalue weighted by atomic mass is 79.9. The number of nitro groups is 1.